The number of hydrogen-bond donors (Lipinski definition) is 2. The van der Waals surface area contributed by atoms with Gasteiger partial charge in [0.2, 0.25) is 21.8 Å². The fraction of sp³-hybridized carbons (Fsp3) is 0.529. The highest BCUT2D eigenvalue weighted by Crippen LogP contribution is 2.14. The van der Waals surface area contributed by atoms with E-state index >= 15 is 0 Å². The molecule has 0 unspecified atom stereocenters. The summed E-state index contributed by atoms with van der Waals surface area (Å²) in [5, 5.41) is 2.46. The van der Waals surface area contributed by atoms with Crippen molar-refractivity contribution in [2.75, 3.05) is 46.3 Å². The predicted octanol–water partition coefficient (Wildman–Crippen LogP) is -0.528. The molecule has 26 heavy (non-hydrogen) atoms. The first-order valence-electron chi connectivity index (χ1n) is 8.49. The summed E-state index contributed by atoms with van der Waals surface area (Å²) in [7, 11) is -1.78. The van der Waals surface area contributed by atoms with E-state index in [4.69, 9.17) is 0 Å². The number of carbonyl (C=O) groups excluding carboxylic acids is 2. The van der Waals surface area contributed by atoms with E-state index in [0.717, 1.165) is 24.2 Å². The van der Waals surface area contributed by atoms with Gasteiger partial charge < -0.3 is 15.1 Å². The molecule has 144 valence electrons. The van der Waals surface area contributed by atoms with Crippen molar-refractivity contribution >= 4 is 21.8 Å². The van der Waals surface area contributed by atoms with E-state index in [1.54, 1.807) is 17.0 Å². The molecular weight excluding hydrogens is 356 g/mol. The Kier molecular flexibility index (Phi) is 6.74. The van der Waals surface area contributed by atoms with Crippen LogP contribution >= 0.6 is 0 Å². The number of nitrogens with zero attached hydrogens (tertiary/aromatic N) is 2. The van der Waals surface area contributed by atoms with Crippen LogP contribution in [0.15, 0.2) is 23.1 Å². The topological polar surface area (TPSA) is 98.8 Å². The molecule has 1 fully saturated rings. The van der Waals surface area contributed by atoms with E-state index in [9.17, 15) is 18.0 Å². The van der Waals surface area contributed by atoms with E-state index in [1.165, 1.54) is 6.07 Å². The van der Waals surface area contributed by atoms with Crippen LogP contribution in [0.2, 0.25) is 0 Å². The molecule has 9 heteroatoms. The molecule has 1 aromatic rings. The number of piperazine rings is 1. The lowest BCUT2D eigenvalue weighted by Gasteiger charge is -2.32. The molecular formula is C17H26N4O4S. The smallest absolute Gasteiger partial charge is 0.242 e. The summed E-state index contributed by atoms with van der Waals surface area (Å²) in [6, 6.07) is 4.78. The first kappa shape index (κ1) is 20.3. The molecule has 8 nitrogen and oxygen atoms in total. The van der Waals surface area contributed by atoms with Crippen molar-refractivity contribution in [3.63, 3.8) is 0 Å². The van der Waals surface area contributed by atoms with Gasteiger partial charge in [-0.2, -0.15) is 0 Å². The summed E-state index contributed by atoms with van der Waals surface area (Å²) in [6.07, 6.45) is 0. The molecule has 1 aromatic carbocycles. The lowest BCUT2D eigenvalue weighted by atomic mass is 10.1. The van der Waals surface area contributed by atoms with Crippen LogP contribution in [0.1, 0.15) is 11.1 Å². The number of hydrogen-bond acceptors (Lipinski definition) is 5. The van der Waals surface area contributed by atoms with Gasteiger partial charge in [-0.1, -0.05) is 6.07 Å². The van der Waals surface area contributed by atoms with Crippen molar-refractivity contribution in [1.82, 2.24) is 19.8 Å². The van der Waals surface area contributed by atoms with Gasteiger partial charge in [0.15, 0.2) is 0 Å². The van der Waals surface area contributed by atoms with Gasteiger partial charge in [0.05, 0.1) is 18.0 Å². The minimum atomic E-state index is -3.77. The van der Waals surface area contributed by atoms with Crippen LogP contribution in [0.5, 0.6) is 0 Å². The third-order valence-corrected chi connectivity index (χ3v) is 5.90. The van der Waals surface area contributed by atoms with Gasteiger partial charge >= 0.3 is 0 Å². The standard InChI is InChI=1S/C17H26N4O4S/c1-13-4-5-15(10-14(13)2)26(24,25)19-11-16(22)18-12-17(23)21-8-6-20(3)7-9-21/h4-5,10,19H,6-9,11-12H2,1-3H3,(H,18,22). The first-order valence-corrected chi connectivity index (χ1v) is 9.97. The summed E-state index contributed by atoms with van der Waals surface area (Å²) in [5.74, 6) is -0.705. The molecule has 0 radical (unpaired) electrons. The average molecular weight is 382 g/mol. The highest BCUT2D eigenvalue weighted by molar-refractivity contribution is 7.89. The fourth-order valence-corrected chi connectivity index (χ4v) is 3.60. The summed E-state index contributed by atoms with van der Waals surface area (Å²) < 4.78 is 26.8. The molecule has 0 aromatic heterocycles. The fourth-order valence-electron chi connectivity index (χ4n) is 2.53. The highest BCUT2D eigenvalue weighted by Gasteiger charge is 2.20. The Hall–Kier alpha value is -1.97. The highest BCUT2D eigenvalue weighted by atomic mass is 32.2. The maximum atomic E-state index is 12.2. The molecule has 0 bridgehead atoms. The number of sulfonamides is 1. The Labute approximate surface area is 154 Å². The molecule has 0 atom stereocenters. The van der Waals surface area contributed by atoms with Crippen LogP contribution in [-0.2, 0) is 19.6 Å². The maximum Gasteiger partial charge on any atom is 0.242 e. The number of benzene rings is 1. The van der Waals surface area contributed by atoms with Crippen LogP contribution in [-0.4, -0.2) is 76.3 Å². The van der Waals surface area contributed by atoms with Crippen molar-refractivity contribution < 1.29 is 18.0 Å². The summed E-state index contributed by atoms with van der Waals surface area (Å²) >= 11 is 0. The third-order valence-electron chi connectivity index (χ3n) is 4.50. The Morgan fingerprint density at radius 3 is 2.31 bits per heavy atom. The zero-order valence-electron chi connectivity index (χ0n) is 15.4. The third kappa shape index (κ3) is 5.52. The number of likely N-dealkylation sites (N-methyl/N-ethyl adjacent to an activating group) is 1. The van der Waals surface area contributed by atoms with Crippen molar-refractivity contribution in [2.45, 2.75) is 18.7 Å². The Morgan fingerprint density at radius 2 is 1.69 bits per heavy atom. The zero-order chi connectivity index (χ0) is 19.3. The molecule has 1 aliphatic heterocycles. The van der Waals surface area contributed by atoms with Gasteiger partial charge in [0.25, 0.3) is 0 Å². The lowest BCUT2D eigenvalue weighted by Crippen LogP contribution is -2.50. The van der Waals surface area contributed by atoms with E-state index < -0.39 is 22.5 Å². The summed E-state index contributed by atoms with van der Waals surface area (Å²) in [6.45, 7) is 6.04. The van der Waals surface area contributed by atoms with Gasteiger partial charge in [-0.3, -0.25) is 9.59 Å². The number of rotatable bonds is 6. The second-order valence-electron chi connectivity index (χ2n) is 6.53. The van der Waals surface area contributed by atoms with Gasteiger partial charge in [0.1, 0.15) is 0 Å². The molecule has 2 rings (SSSR count). The van der Waals surface area contributed by atoms with Gasteiger partial charge in [0, 0.05) is 26.2 Å². The van der Waals surface area contributed by atoms with Crippen LogP contribution in [0.4, 0.5) is 0 Å². The maximum absolute atomic E-state index is 12.2. The molecule has 1 aliphatic rings. The Balaban J connectivity index is 1.80. The second kappa shape index (κ2) is 8.61. The second-order valence-corrected chi connectivity index (χ2v) is 8.30. The van der Waals surface area contributed by atoms with Crippen molar-refractivity contribution in [2.24, 2.45) is 0 Å². The van der Waals surface area contributed by atoms with E-state index in [-0.39, 0.29) is 17.3 Å². The van der Waals surface area contributed by atoms with Gasteiger partial charge in [-0.05, 0) is 44.2 Å². The molecule has 0 spiro atoms. The summed E-state index contributed by atoms with van der Waals surface area (Å²) in [4.78, 5) is 27.9. The van der Waals surface area contributed by atoms with E-state index in [2.05, 4.69) is 14.9 Å². The molecule has 1 saturated heterocycles. The minimum Gasteiger partial charge on any atom is -0.346 e. The molecule has 0 aliphatic carbocycles. The monoisotopic (exact) mass is 382 g/mol. The Morgan fingerprint density at radius 1 is 1.04 bits per heavy atom. The number of aryl methyl sites for hydroxylation is 2. The molecule has 1 heterocycles. The quantitative estimate of drug-likeness (QED) is 0.689. The van der Waals surface area contributed by atoms with Gasteiger partial charge in [-0.15, -0.1) is 0 Å². The largest absolute Gasteiger partial charge is 0.346 e. The van der Waals surface area contributed by atoms with Crippen LogP contribution in [0.25, 0.3) is 0 Å². The van der Waals surface area contributed by atoms with Crippen LogP contribution < -0.4 is 10.0 Å². The van der Waals surface area contributed by atoms with Crippen LogP contribution in [0, 0.1) is 13.8 Å². The Bertz CT molecular complexity index is 771. The number of carbonyl (C=O) groups is 2. The van der Waals surface area contributed by atoms with Crippen molar-refractivity contribution in [3.8, 4) is 0 Å². The van der Waals surface area contributed by atoms with E-state index in [1.807, 2.05) is 20.9 Å². The molecule has 2 amide bonds. The van der Waals surface area contributed by atoms with E-state index in [0.29, 0.717) is 13.1 Å². The number of nitrogens with one attached hydrogen (secondary N) is 2. The van der Waals surface area contributed by atoms with Crippen LogP contribution in [0.3, 0.4) is 0 Å². The lowest BCUT2D eigenvalue weighted by molar-refractivity contribution is -0.133. The zero-order valence-corrected chi connectivity index (χ0v) is 16.2. The molecule has 2 N–H and O–H groups in total. The van der Waals surface area contributed by atoms with Crippen molar-refractivity contribution in [1.29, 1.82) is 0 Å². The normalized spacial score (nSPS) is 15.7. The minimum absolute atomic E-state index is 0.113. The average Bonchev–Trinajstić information content (AvgIpc) is 2.60. The summed E-state index contributed by atoms with van der Waals surface area (Å²) in [5.41, 5.74) is 1.85. The van der Waals surface area contributed by atoms with Gasteiger partial charge in [-0.25, -0.2) is 13.1 Å². The molecule has 0 saturated carbocycles. The number of amides is 2. The predicted molar refractivity (Wildman–Crippen MR) is 98.2 cm³/mol. The first-order chi connectivity index (χ1) is 12.2. The SMILES string of the molecule is Cc1ccc(S(=O)(=O)NCC(=O)NCC(=O)N2CCN(C)CC2)cc1C. The van der Waals surface area contributed by atoms with Crippen molar-refractivity contribution in [3.05, 3.63) is 29.3 Å².